The predicted molar refractivity (Wildman–Crippen MR) is 77.4 cm³/mol. The molecular weight excluding hydrogens is 256 g/mol. The Bertz CT molecular complexity index is 394. The van der Waals surface area contributed by atoms with Crippen molar-refractivity contribution in [3.63, 3.8) is 0 Å². The van der Waals surface area contributed by atoms with Gasteiger partial charge in [0.05, 0.1) is 6.61 Å². The van der Waals surface area contributed by atoms with Crippen LogP contribution >= 0.6 is 0 Å². The molecule has 1 saturated heterocycles. The Balaban J connectivity index is 2.03. The third kappa shape index (κ3) is 4.18. The largest absolute Gasteiger partial charge is 0.491 e. The fourth-order valence-corrected chi connectivity index (χ4v) is 2.52. The molecule has 0 spiro atoms. The average Bonchev–Trinajstić information content (AvgIpc) is 2.99. The Hall–Kier alpha value is -1.14. The maximum Gasteiger partial charge on any atom is 0.124 e. The number of ether oxygens (including phenoxy) is 3. The molecule has 2 atom stereocenters. The normalized spacial score (nSPS) is 20.0. The molecule has 2 unspecified atom stereocenters. The Morgan fingerprint density at radius 1 is 1.40 bits per heavy atom. The number of methoxy groups -OCH3 is 1. The van der Waals surface area contributed by atoms with Gasteiger partial charge in [0.25, 0.3) is 0 Å². The number of nitrogens with two attached hydrogens (primary N) is 1. The summed E-state index contributed by atoms with van der Waals surface area (Å²) < 4.78 is 16.2. The third-order valence-electron chi connectivity index (χ3n) is 3.63. The van der Waals surface area contributed by atoms with Gasteiger partial charge in [0, 0.05) is 31.9 Å². The van der Waals surface area contributed by atoms with Gasteiger partial charge in [-0.3, -0.25) is 11.3 Å². The number of para-hydroxylation sites is 1. The fraction of sp³-hybridized carbons (Fsp3) is 0.600. The summed E-state index contributed by atoms with van der Waals surface area (Å²) in [7, 11) is 1.67. The zero-order valence-electron chi connectivity index (χ0n) is 12.0. The standard InChI is InChI=1S/C15H24N2O3/c1-18-8-9-20-15-5-3-2-4-13(15)14(17-16)10-12-6-7-19-11-12/h2-5,12,14,17H,6-11,16H2,1H3. The summed E-state index contributed by atoms with van der Waals surface area (Å²) in [6.07, 6.45) is 2.06. The second-order valence-corrected chi connectivity index (χ2v) is 5.06. The number of hydrogen-bond donors (Lipinski definition) is 2. The Labute approximate surface area is 120 Å². The second kappa shape index (κ2) is 8.21. The number of hydrogen-bond acceptors (Lipinski definition) is 5. The van der Waals surface area contributed by atoms with Crippen molar-refractivity contribution in [1.29, 1.82) is 0 Å². The SMILES string of the molecule is COCCOc1ccccc1C(CC1CCOC1)NN. The molecular formula is C15H24N2O3. The summed E-state index contributed by atoms with van der Waals surface area (Å²) in [5.74, 6) is 7.16. The lowest BCUT2D eigenvalue weighted by Crippen LogP contribution is -2.30. The maximum absolute atomic E-state index is 5.77. The Morgan fingerprint density at radius 3 is 2.95 bits per heavy atom. The lowest BCUT2D eigenvalue weighted by atomic mass is 9.94. The highest BCUT2D eigenvalue weighted by molar-refractivity contribution is 5.36. The molecule has 112 valence electrons. The van der Waals surface area contributed by atoms with E-state index in [0.29, 0.717) is 19.1 Å². The van der Waals surface area contributed by atoms with Crippen LogP contribution in [0.2, 0.25) is 0 Å². The van der Waals surface area contributed by atoms with Crippen LogP contribution < -0.4 is 16.0 Å². The van der Waals surface area contributed by atoms with Crippen molar-refractivity contribution in [2.24, 2.45) is 11.8 Å². The Morgan fingerprint density at radius 2 is 2.25 bits per heavy atom. The predicted octanol–water partition coefficient (Wildman–Crippen LogP) is 1.64. The highest BCUT2D eigenvalue weighted by Gasteiger charge is 2.23. The highest BCUT2D eigenvalue weighted by Crippen LogP contribution is 2.31. The van der Waals surface area contributed by atoms with Crippen LogP contribution in [0.4, 0.5) is 0 Å². The van der Waals surface area contributed by atoms with E-state index in [1.54, 1.807) is 7.11 Å². The molecule has 5 nitrogen and oxygen atoms in total. The summed E-state index contributed by atoms with van der Waals surface area (Å²) in [6, 6.07) is 8.09. The summed E-state index contributed by atoms with van der Waals surface area (Å²) >= 11 is 0. The molecule has 0 bridgehead atoms. The van der Waals surface area contributed by atoms with Crippen molar-refractivity contribution in [2.75, 3.05) is 33.5 Å². The van der Waals surface area contributed by atoms with Gasteiger partial charge in [0.1, 0.15) is 12.4 Å². The summed E-state index contributed by atoms with van der Waals surface area (Å²) in [4.78, 5) is 0. The van der Waals surface area contributed by atoms with Gasteiger partial charge in [-0.25, -0.2) is 0 Å². The minimum Gasteiger partial charge on any atom is -0.491 e. The summed E-state index contributed by atoms with van der Waals surface area (Å²) in [6.45, 7) is 2.79. The zero-order chi connectivity index (χ0) is 14.2. The molecule has 1 aliphatic rings. The van der Waals surface area contributed by atoms with E-state index in [9.17, 15) is 0 Å². The first-order chi connectivity index (χ1) is 9.85. The van der Waals surface area contributed by atoms with Crippen LogP contribution in [0.15, 0.2) is 24.3 Å². The Kier molecular flexibility index (Phi) is 6.26. The average molecular weight is 280 g/mol. The zero-order valence-corrected chi connectivity index (χ0v) is 12.0. The van der Waals surface area contributed by atoms with Crippen LogP contribution in [-0.4, -0.2) is 33.5 Å². The maximum atomic E-state index is 5.77. The van der Waals surface area contributed by atoms with E-state index >= 15 is 0 Å². The molecule has 1 aromatic carbocycles. The van der Waals surface area contributed by atoms with Crippen LogP contribution in [0, 0.1) is 5.92 Å². The molecule has 0 radical (unpaired) electrons. The number of hydrazine groups is 1. The lowest BCUT2D eigenvalue weighted by Gasteiger charge is -2.22. The molecule has 1 aromatic rings. The molecule has 1 fully saturated rings. The third-order valence-corrected chi connectivity index (χ3v) is 3.63. The minimum atomic E-state index is 0.0837. The first-order valence-corrected chi connectivity index (χ1v) is 7.09. The lowest BCUT2D eigenvalue weighted by molar-refractivity contribution is 0.145. The number of benzene rings is 1. The van der Waals surface area contributed by atoms with Crippen LogP contribution in [-0.2, 0) is 9.47 Å². The first kappa shape index (κ1) is 15.3. The minimum absolute atomic E-state index is 0.0837. The molecule has 3 N–H and O–H groups in total. The van der Waals surface area contributed by atoms with Gasteiger partial charge >= 0.3 is 0 Å². The molecule has 1 heterocycles. The van der Waals surface area contributed by atoms with E-state index in [1.807, 2.05) is 18.2 Å². The molecule has 0 aromatic heterocycles. The van der Waals surface area contributed by atoms with E-state index in [-0.39, 0.29) is 6.04 Å². The van der Waals surface area contributed by atoms with Gasteiger partial charge in [-0.1, -0.05) is 18.2 Å². The topological polar surface area (TPSA) is 65.7 Å². The van der Waals surface area contributed by atoms with Gasteiger partial charge in [0.2, 0.25) is 0 Å². The summed E-state index contributed by atoms with van der Waals surface area (Å²) in [5.41, 5.74) is 4.00. The van der Waals surface area contributed by atoms with Crippen molar-refractivity contribution in [2.45, 2.75) is 18.9 Å². The van der Waals surface area contributed by atoms with Crippen molar-refractivity contribution in [3.05, 3.63) is 29.8 Å². The number of nitrogens with one attached hydrogen (secondary N) is 1. The second-order valence-electron chi connectivity index (χ2n) is 5.06. The van der Waals surface area contributed by atoms with Gasteiger partial charge in [-0.2, -0.15) is 0 Å². The molecule has 1 aliphatic heterocycles. The van der Waals surface area contributed by atoms with Crippen molar-refractivity contribution in [3.8, 4) is 5.75 Å². The first-order valence-electron chi connectivity index (χ1n) is 7.09. The monoisotopic (exact) mass is 280 g/mol. The van der Waals surface area contributed by atoms with E-state index in [1.165, 1.54) is 0 Å². The molecule has 2 rings (SSSR count). The van der Waals surface area contributed by atoms with E-state index in [4.69, 9.17) is 20.1 Å². The molecule has 5 heteroatoms. The molecule has 0 aliphatic carbocycles. The highest BCUT2D eigenvalue weighted by atomic mass is 16.5. The summed E-state index contributed by atoms with van der Waals surface area (Å²) in [5, 5.41) is 0. The van der Waals surface area contributed by atoms with Gasteiger partial charge in [-0.15, -0.1) is 0 Å². The van der Waals surface area contributed by atoms with Gasteiger partial charge < -0.3 is 14.2 Å². The number of rotatable bonds is 8. The van der Waals surface area contributed by atoms with Crippen molar-refractivity contribution >= 4 is 0 Å². The van der Waals surface area contributed by atoms with Crippen molar-refractivity contribution < 1.29 is 14.2 Å². The van der Waals surface area contributed by atoms with Crippen LogP contribution in [0.3, 0.4) is 0 Å². The van der Waals surface area contributed by atoms with Gasteiger partial charge in [0.15, 0.2) is 0 Å². The quantitative estimate of drug-likeness (QED) is 0.430. The van der Waals surface area contributed by atoms with E-state index in [2.05, 4.69) is 11.5 Å². The smallest absolute Gasteiger partial charge is 0.124 e. The van der Waals surface area contributed by atoms with Crippen LogP contribution in [0.25, 0.3) is 0 Å². The molecule has 20 heavy (non-hydrogen) atoms. The van der Waals surface area contributed by atoms with Crippen LogP contribution in [0.5, 0.6) is 5.75 Å². The van der Waals surface area contributed by atoms with Crippen LogP contribution in [0.1, 0.15) is 24.4 Å². The fourth-order valence-electron chi connectivity index (χ4n) is 2.52. The molecule has 0 saturated carbocycles. The van der Waals surface area contributed by atoms with Gasteiger partial charge in [-0.05, 0) is 24.8 Å². The van der Waals surface area contributed by atoms with E-state index in [0.717, 1.165) is 37.4 Å². The molecule has 0 amide bonds. The van der Waals surface area contributed by atoms with Crippen molar-refractivity contribution in [1.82, 2.24) is 5.43 Å². The van der Waals surface area contributed by atoms with E-state index < -0.39 is 0 Å².